The van der Waals surface area contributed by atoms with Gasteiger partial charge in [-0.05, 0) is 123 Å². The highest BCUT2D eigenvalue weighted by Crippen LogP contribution is 2.54. The van der Waals surface area contributed by atoms with Gasteiger partial charge in [0.2, 0.25) is 17.4 Å². The van der Waals surface area contributed by atoms with Crippen molar-refractivity contribution in [1.82, 2.24) is 4.73 Å². The second kappa shape index (κ2) is 25.2. The number of carbonyl (C=O) groups excluding carboxylic acids is 1. The van der Waals surface area contributed by atoms with Crippen LogP contribution in [0.1, 0.15) is 76.8 Å². The number of rotatable bonds is 25. The molecule has 4 aromatic carbocycles. The molecule has 0 amide bonds. The van der Waals surface area contributed by atoms with Crippen LogP contribution in [0, 0.1) is 0 Å². The molecular formula is C55H63ClN3O22S5+. The summed E-state index contributed by atoms with van der Waals surface area (Å²) >= 11 is 7.36. The molecule has 86 heavy (non-hydrogen) atoms. The fourth-order valence-corrected chi connectivity index (χ4v) is 14.9. The van der Waals surface area contributed by atoms with Gasteiger partial charge in [0.1, 0.15) is 16.3 Å². The van der Waals surface area contributed by atoms with Gasteiger partial charge in [-0.25, -0.2) is 4.79 Å². The second-order valence-electron chi connectivity index (χ2n) is 21.3. The Morgan fingerprint density at radius 3 is 1.81 bits per heavy atom. The van der Waals surface area contributed by atoms with Crippen LogP contribution < -0.4 is 9.74 Å². The molecule has 25 nitrogen and oxygen atoms in total. The Bertz CT molecular complexity index is 4300. The molecule has 1 unspecified atom stereocenters. The standard InChI is InChI=1S/C55H62ClN3O22S5/c1-54(2)46(57(22-6-10-50(62)81-59-48(60)19-20-49(59)61)42-15-13-38-40(51(42)54)30-36(83(66,67)68)32-44(38)85(72,73)74)17-11-34-8-5-9-35(53(34)56)12-18-47-55(3,21-7-29-82(63,64)65)52-41-31-37(84(69,70)71)33-45(86(75,76)77)39(41)14-16-43(52)58(47)23-24-79-27-28-80-26-25-78-4/h11-20,30-33H,5-10,21-29H2,1-4H3,(H6-,60,61,63,64,65,66,67,68,69,70,71,72,73,74,75,76,77)/p+1. The Morgan fingerprint density at radius 2 is 1.24 bits per heavy atom. The number of hydrogen-bond acceptors (Lipinski definition) is 18. The number of halogens is 1. The predicted molar refractivity (Wildman–Crippen MR) is 314 cm³/mol. The number of anilines is 1. The van der Waals surface area contributed by atoms with E-state index in [-0.39, 0.29) is 85.7 Å². The van der Waals surface area contributed by atoms with Crippen molar-refractivity contribution in [1.29, 1.82) is 0 Å². The lowest BCUT2D eigenvalue weighted by atomic mass is 9.75. The largest absolute Gasteiger partial charge is 0.492 e. The van der Waals surface area contributed by atoms with Crippen LogP contribution in [0.3, 0.4) is 0 Å². The monoisotopic (exact) mass is 1310 g/mol. The first kappa shape index (κ1) is 65.9. The summed E-state index contributed by atoms with van der Waals surface area (Å²) in [5, 5.41) is 20.3. The molecule has 466 valence electrons. The molecular weight excluding hydrogens is 1250 g/mol. The van der Waals surface area contributed by atoms with Gasteiger partial charge in [-0.3, -0.25) is 22.8 Å². The molecule has 8 rings (SSSR count). The molecule has 3 heterocycles. The van der Waals surface area contributed by atoms with E-state index < -0.39 is 104 Å². The van der Waals surface area contributed by atoms with Gasteiger partial charge < -0.3 is 34.2 Å². The lowest BCUT2D eigenvalue weighted by Gasteiger charge is -2.31. The van der Waals surface area contributed by atoms with Crippen molar-refractivity contribution in [3.05, 3.63) is 118 Å². The summed E-state index contributed by atoms with van der Waals surface area (Å²) in [6.45, 7) is 6.51. The zero-order valence-corrected chi connectivity index (χ0v) is 51.5. The van der Waals surface area contributed by atoms with Crippen LogP contribution in [0.15, 0.2) is 126 Å². The first-order valence-corrected chi connectivity index (χ1v) is 34.3. The molecule has 7 N–H and O–H groups in total. The minimum atomic E-state index is -5.15. The number of methoxy groups -OCH3 is 1. The quantitative estimate of drug-likeness (QED) is 0.0173. The third kappa shape index (κ3) is 14.1. The van der Waals surface area contributed by atoms with Gasteiger partial charge in [0.25, 0.3) is 50.6 Å². The molecule has 3 aliphatic rings. The van der Waals surface area contributed by atoms with E-state index in [1.54, 1.807) is 57.2 Å². The molecule has 1 atom stereocenters. The zero-order chi connectivity index (χ0) is 63.1. The summed E-state index contributed by atoms with van der Waals surface area (Å²) in [5.74, 6) is -2.63. The second-order valence-corrected chi connectivity index (χ2v) is 28.9. The first-order valence-electron chi connectivity index (χ1n) is 26.5. The molecule has 0 saturated heterocycles. The Morgan fingerprint density at radius 1 is 0.674 bits per heavy atom. The maximum Gasteiger partial charge on any atom is 0.333 e. The van der Waals surface area contributed by atoms with Crippen LogP contribution in [-0.4, -0.2) is 155 Å². The average molecular weight is 1310 g/mol. The van der Waals surface area contributed by atoms with E-state index in [2.05, 4.69) is 0 Å². The summed E-state index contributed by atoms with van der Waals surface area (Å²) in [5.41, 5.74) is 1.20. The molecule has 0 spiro atoms. The smallest absolute Gasteiger partial charge is 0.333 e. The van der Waals surface area contributed by atoms with Gasteiger partial charge in [-0.1, -0.05) is 29.8 Å². The third-order valence-corrected chi connectivity index (χ3v) is 20.0. The Balaban J connectivity index is 1.25. The number of fused-ring (bicyclic) bond motifs is 6. The minimum absolute atomic E-state index is 0.0251. The number of carbonyl (C=O) groups is 1. The SMILES string of the molecule is COCCOCCOCCN1C(=CC=C2CCCC(C=CC3=[N+](CCCC(=O)On4c(O)ccc4O)c4ccc5c(S(=O)(=O)O)cc(S(=O)(=O)O)cc5c4C3(C)C)=C2Cl)C(C)(CCCS(=O)(=O)O)c2c1ccc1c(S(=O)(=O)O)cc(S(=O)(=O)O)cc21. The molecule has 31 heteroatoms. The minimum Gasteiger partial charge on any atom is -0.492 e. The Hall–Kier alpha value is -6.10. The number of ether oxygens (including phenoxy) is 3. The number of benzene rings is 4. The lowest BCUT2D eigenvalue weighted by molar-refractivity contribution is -0.438. The average Bonchev–Trinajstić information content (AvgIpc) is 1.52. The fourth-order valence-electron chi connectivity index (χ4n) is 11.4. The highest BCUT2D eigenvalue weighted by Gasteiger charge is 2.47. The van der Waals surface area contributed by atoms with Crippen LogP contribution in [0.5, 0.6) is 11.8 Å². The zero-order valence-electron chi connectivity index (χ0n) is 46.7. The highest BCUT2D eigenvalue weighted by molar-refractivity contribution is 7.87. The van der Waals surface area contributed by atoms with Crippen molar-refractivity contribution in [3.63, 3.8) is 0 Å². The molecule has 1 aliphatic carbocycles. The van der Waals surface area contributed by atoms with Gasteiger partial charge in [0.05, 0.1) is 60.4 Å². The van der Waals surface area contributed by atoms with Crippen molar-refractivity contribution in [2.75, 3.05) is 63.9 Å². The Labute approximate surface area is 501 Å². The van der Waals surface area contributed by atoms with Crippen molar-refractivity contribution >= 4 is 107 Å². The normalized spacial score (nSPS) is 18.6. The molecule has 0 fully saturated rings. The first-order chi connectivity index (χ1) is 40.1. The van der Waals surface area contributed by atoms with E-state index in [1.165, 1.54) is 19.2 Å². The summed E-state index contributed by atoms with van der Waals surface area (Å²) in [4.78, 5) is 16.8. The molecule has 0 radical (unpaired) electrons. The number of nitrogens with zero attached hydrogens (tertiary/aromatic N) is 3. The van der Waals surface area contributed by atoms with Crippen LogP contribution in [0.4, 0.5) is 11.4 Å². The summed E-state index contributed by atoms with van der Waals surface area (Å²) in [6, 6.07) is 11.5. The van der Waals surface area contributed by atoms with Crippen molar-refractivity contribution in [2.24, 2.45) is 0 Å². The summed E-state index contributed by atoms with van der Waals surface area (Å²) in [6.07, 6.45) is 7.97. The fraction of sp³-hybridized carbons (Fsp3) is 0.382. The van der Waals surface area contributed by atoms with Gasteiger partial charge in [0, 0.05) is 82.5 Å². The predicted octanol–water partition coefficient (Wildman–Crippen LogP) is 7.17. The number of allylic oxidation sites excluding steroid dienone is 8. The third-order valence-electron chi connectivity index (χ3n) is 15.2. The van der Waals surface area contributed by atoms with Gasteiger partial charge >= 0.3 is 5.97 Å². The number of aromatic nitrogens is 1. The summed E-state index contributed by atoms with van der Waals surface area (Å²) in [7, 11) is -23.4. The molecule has 0 saturated carbocycles. The van der Waals surface area contributed by atoms with E-state index >= 15 is 0 Å². The molecule has 5 aromatic rings. The molecule has 1 aromatic heterocycles. The van der Waals surface area contributed by atoms with E-state index in [0.717, 1.165) is 24.3 Å². The van der Waals surface area contributed by atoms with Crippen LogP contribution in [0.2, 0.25) is 0 Å². The maximum absolute atomic E-state index is 13.1. The van der Waals surface area contributed by atoms with Crippen LogP contribution in [0.25, 0.3) is 21.5 Å². The maximum atomic E-state index is 13.1. The molecule has 0 bridgehead atoms. The van der Waals surface area contributed by atoms with Gasteiger partial charge in [0.15, 0.2) is 5.71 Å². The Kier molecular flexibility index (Phi) is 19.3. The topological polar surface area (TPSA) is 377 Å². The van der Waals surface area contributed by atoms with Crippen molar-refractivity contribution < 1.29 is 103 Å². The van der Waals surface area contributed by atoms with E-state index in [1.807, 2.05) is 9.48 Å². The summed E-state index contributed by atoms with van der Waals surface area (Å²) < 4.78 is 197. The van der Waals surface area contributed by atoms with E-state index in [4.69, 9.17) is 30.6 Å². The molecule has 2 aliphatic heterocycles. The van der Waals surface area contributed by atoms with Crippen LogP contribution >= 0.6 is 11.6 Å². The highest BCUT2D eigenvalue weighted by atomic mass is 35.5. The van der Waals surface area contributed by atoms with Gasteiger partial charge in [-0.15, -0.1) is 4.73 Å². The number of aromatic hydroxyl groups is 2. The van der Waals surface area contributed by atoms with E-state index in [9.17, 15) is 79.9 Å². The van der Waals surface area contributed by atoms with Gasteiger partial charge in [-0.2, -0.15) is 46.7 Å². The van der Waals surface area contributed by atoms with Crippen molar-refractivity contribution in [3.8, 4) is 11.8 Å². The lowest BCUT2D eigenvalue weighted by Crippen LogP contribution is -2.31. The number of hydrogen-bond donors (Lipinski definition) is 7. The van der Waals surface area contributed by atoms with Crippen molar-refractivity contribution in [2.45, 2.75) is 96.1 Å². The van der Waals surface area contributed by atoms with E-state index in [0.29, 0.717) is 93.9 Å². The van der Waals surface area contributed by atoms with Crippen LogP contribution in [-0.2, 0) is 80.4 Å².